The van der Waals surface area contributed by atoms with Crippen LogP contribution in [-0.2, 0) is 10.0 Å². The summed E-state index contributed by atoms with van der Waals surface area (Å²) in [5.74, 6) is 0.521. The number of hydrogen-bond acceptors (Lipinski definition) is 5. The predicted molar refractivity (Wildman–Crippen MR) is 123 cm³/mol. The molecule has 4 rings (SSSR count). The van der Waals surface area contributed by atoms with Crippen molar-refractivity contribution in [3.8, 4) is 5.75 Å². The first kappa shape index (κ1) is 22.8. The zero-order chi connectivity index (χ0) is 22.7. The fourth-order valence-corrected chi connectivity index (χ4v) is 5.48. The van der Waals surface area contributed by atoms with E-state index < -0.39 is 10.0 Å². The van der Waals surface area contributed by atoms with Gasteiger partial charge in [-0.25, -0.2) is 13.1 Å². The summed E-state index contributed by atoms with van der Waals surface area (Å²) >= 11 is 0. The van der Waals surface area contributed by atoms with E-state index in [-0.39, 0.29) is 22.9 Å². The van der Waals surface area contributed by atoms with Crippen LogP contribution in [0.5, 0.6) is 5.75 Å². The van der Waals surface area contributed by atoms with Crippen LogP contribution in [-0.4, -0.2) is 52.0 Å². The molecule has 1 saturated heterocycles. The van der Waals surface area contributed by atoms with Crippen molar-refractivity contribution < 1.29 is 17.9 Å². The maximum absolute atomic E-state index is 13.1. The van der Waals surface area contributed by atoms with Crippen molar-refractivity contribution in [1.82, 2.24) is 14.9 Å². The van der Waals surface area contributed by atoms with Gasteiger partial charge in [-0.2, -0.15) is 0 Å². The second-order valence-electron chi connectivity index (χ2n) is 8.62. The van der Waals surface area contributed by atoms with Gasteiger partial charge in [0.05, 0.1) is 18.0 Å². The number of rotatable bonds is 9. The first-order chi connectivity index (χ1) is 15.4. The minimum absolute atomic E-state index is 0.0164. The van der Waals surface area contributed by atoms with Crippen LogP contribution < -0.4 is 14.8 Å². The Morgan fingerprint density at radius 1 is 1.16 bits per heavy atom. The molecule has 2 aromatic carbocycles. The van der Waals surface area contributed by atoms with Crippen LogP contribution in [0.15, 0.2) is 47.4 Å². The highest BCUT2D eigenvalue weighted by atomic mass is 32.2. The van der Waals surface area contributed by atoms with Gasteiger partial charge in [-0.15, -0.1) is 0 Å². The van der Waals surface area contributed by atoms with Crippen molar-refractivity contribution in [2.45, 2.75) is 49.6 Å². The number of ether oxygens (including phenoxy) is 1. The molecule has 8 heteroatoms. The first-order valence-corrected chi connectivity index (χ1v) is 12.6. The third-order valence-corrected chi connectivity index (χ3v) is 7.70. The van der Waals surface area contributed by atoms with Crippen LogP contribution in [0.1, 0.15) is 53.2 Å². The van der Waals surface area contributed by atoms with Gasteiger partial charge in [-0.05, 0) is 81.1 Å². The fourth-order valence-electron chi connectivity index (χ4n) is 4.15. The summed E-state index contributed by atoms with van der Waals surface area (Å²) in [6.45, 7) is 4.22. The minimum atomic E-state index is -3.62. The van der Waals surface area contributed by atoms with E-state index in [2.05, 4.69) is 21.0 Å². The third kappa shape index (κ3) is 5.31. The Bertz CT molecular complexity index is 1080. The second kappa shape index (κ2) is 9.60. The summed E-state index contributed by atoms with van der Waals surface area (Å²) < 4.78 is 33.2. The largest absolute Gasteiger partial charge is 0.497 e. The number of amides is 1. The molecule has 2 fully saturated rings. The molecular formula is C24H31N3O4S. The Kier molecular flexibility index (Phi) is 6.83. The highest BCUT2D eigenvalue weighted by Gasteiger charge is 2.29. The van der Waals surface area contributed by atoms with Crippen LogP contribution in [0.3, 0.4) is 0 Å². The van der Waals surface area contributed by atoms with Crippen molar-refractivity contribution in [2.24, 2.45) is 0 Å². The molecule has 0 aromatic heterocycles. The summed E-state index contributed by atoms with van der Waals surface area (Å²) in [6, 6.07) is 12.7. The molecular weight excluding hydrogens is 426 g/mol. The monoisotopic (exact) mass is 457 g/mol. The molecule has 0 radical (unpaired) electrons. The van der Waals surface area contributed by atoms with Crippen molar-refractivity contribution in [1.29, 1.82) is 0 Å². The van der Waals surface area contributed by atoms with Gasteiger partial charge in [0, 0.05) is 18.2 Å². The van der Waals surface area contributed by atoms with Gasteiger partial charge in [-0.1, -0.05) is 18.2 Å². The summed E-state index contributed by atoms with van der Waals surface area (Å²) in [5, 5.41) is 3.05. The number of nitrogens with zero attached hydrogens (tertiary/aromatic N) is 1. The van der Waals surface area contributed by atoms with E-state index in [1.54, 1.807) is 19.2 Å². The van der Waals surface area contributed by atoms with E-state index >= 15 is 0 Å². The van der Waals surface area contributed by atoms with E-state index in [1.807, 2.05) is 25.1 Å². The van der Waals surface area contributed by atoms with Gasteiger partial charge in [0.2, 0.25) is 10.0 Å². The van der Waals surface area contributed by atoms with Crippen LogP contribution in [0.4, 0.5) is 0 Å². The topological polar surface area (TPSA) is 87.7 Å². The molecule has 2 N–H and O–H groups in total. The van der Waals surface area contributed by atoms with Crippen molar-refractivity contribution >= 4 is 15.9 Å². The minimum Gasteiger partial charge on any atom is -0.497 e. The van der Waals surface area contributed by atoms with Gasteiger partial charge in [-0.3, -0.25) is 9.69 Å². The lowest BCUT2D eigenvalue weighted by Gasteiger charge is -2.28. The van der Waals surface area contributed by atoms with E-state index in [4.69, 9.17) is 4.74 Å². The summed E-state index contributed by atoms with van der Waals surface area (Å²) in [6.07, 6.45) is 4.00. The van der Waals surface area contributed by atoms with Gasteiger partial charge in [0.15, 0.2) is 0 Å². The smallest absolute Gasteiger partial charge is 0.251 e. The van der Waals surface area contributed by atoms with Gasteiger partial charge >= 0.3 is 0 Å². The molecule has 7 nitrogen and oxygen atoms in total. The SMILES string of the molecule is COc1cccc([C@H](CNC(=O)c2cc(S(=O)(=O)NC3CC3)ccc2C)N2CCCC2)c1. The van der Waals surface area contributed by atoms with Crippen LogP contribution in [0.2, 0.25) is 0 Å². The lowest BCUT2D eigenvalue weighted by Crippen LogP contribution is -2.37. The highest BCUT2D eigenvalue weighted by molar-refractivity contribution is 7.89. The number of carbonyl (C=O) groups excluding carboxylic acids is 1. The normalized spacial score (nSPS) is 17.8. The lowest BCUT2D eigenvalue weighted by molar-refractivity contribution is 0.0937. The van der Waals surface area contributed by atoms with Gasteiger partial charge in [0.1, 0.15) is 5.75 Å². The maximum Gasteiger partial charge on any atom is 0.251 e. The van der Waals surface area contributed by atoms with E-state index in [0.717, 1.165) is 55.6 Å². The zero-order valence-corrected chi connectivity index (χ0v) is 19.5. The number of hydrogen-bond donors (Lipinski definition) is 2. The van der Waals surface area contributed by atoms with E-state index in [9.17, 15) is 13.2 Å². The predicted octanol–water partition coefficient (Wildman–Crippen LogP) is 3.01. The zero-order valence-electron chi connectivity index (χ0n) is 18.6. The number of sulfonamides is 1. The van der Waals surface area contributed by atoms with Crippen molar-refractivity contribution in [3.63, 3.8) is 0 Å². The summed E-state index contributed by atoms with van der Waals surface area (Å²) in [5.41, 5.74) is 2.22. The van der Waals surface area contributed by atoms with E-state index in [1.165, 1.54) is 6.07 Å². The van der Waals surface area contributed by atoms with Crippen molar-refractivity contribution in [3.05, 3.63) is 59.2 Å². The number of benzene rings is 2. The molecule has 1 atom stereocenters. The lowest BCUT2D eigenvalue weighted by atomic mass is 10.0. The average Bonchev–Trinajstić information content (AvgIpc) is 3.42. The fraction of sp³-hybridized carbons (Fsp3) is 0.458. The molecule has 32 heavy (non-hydrogen) atoms. The molecule has 0 unspecified atom stereocenters. The molecule has 2 aliphatic rings. The first-order valence-electron chi connectivity index (χ1n) is 11.2. The molecule has 1 aliphatic carbocycles. The number of aryl methyl sites for hydroxylation is 1. The quantitative estimate of drug-likeness (QED) is 0.604. The molecule has 0 spiro atoms. The molecule has 1 saturated carbocycles. The van der Waals surface area contributed by atoms with Crippen molar-refractivity contribution in [2.75, 3.05) is 26.7 Å². The Morgan fingerprint density at radius 3 is 2.59 bits per heavy atom. The average molecular weight is 458 g/mol. The standard InChI is InChI=1S/C24H31N3O4S/c1-17-8-11-21(32(29,30)26-19-9-10-19)15-22(17)24(28)25-16-23(27-12-3-4-13-27)18-6-5-7-20(14-18)31-2/h5-8,11,14-15,19,23,26H,3-4,9-10,12-13,16H2,1-2H3,(H,25,28)/t23-/m0/s1. The van der Waals surface area contributed by atoms with Gasteiger partial charge < -0.3 is 10.1 Å². The molecule has 2 aromatic rings. The highest BCUT2D eigenvalue weighted by Crippen LogP contribution is 2.28. The Balaban J connectivity index is 1.52. The van der Waals surface area contributed by atoms with Crippen LogP contribution >= 0.6 is 0 Å². The number of methoxy groups -OCH3 is 1. The Hall–Kier alpha value is -2.42. The van der Waals surface area contributed by atoms with Gasteiger partial charge in [0.25, 0.3) is 5.91 Å². The molecule has 0 bridgehead atoms. The number of likely N-dealkylation sites (tertiary alicyclic amines) is 1. The number of carbonyl (C=O) groups is 1. The number of nitrogens with one attached hydrogen (secondary N) is 2. The Labute approximate surface area is 190 Å². The Morgan fingerprint density at radius 2 is 1.91 bits per heavy atom. The third-order valence-electron chi connectivity index (χ3n) is 6.18. The summed E-state index contributed by atoms with van der Waals surface area (Å²) in [4.78, 5) is 15.6. The maximum atomic E-state index is 13.1. The molecule has 172 valence electrons. The second-order valence-corrected chi connectivity index (χ2v) is 10.3. The van der Waals surface area contributed by atoms with Crippen LogP contribution in [0, 0.1) is 6.92 Å². The summed E-state index contributed by atoms with van der Waals surface area (Å²) in [7, 11) is -1.97. The molecule has 1 aliphatic heterocycles. The molecule has 1 heterocycles. The van der Waals surface area contributed by atoms with Crippen LogP contribution in [0.25, 0.3) is 0 Å². The van der Waals surface area contributed by atoms with E-state index in [0.29, 0.717) is 12.1 Å². The molecule has 1 amide bonds.